The SMILES string of the molecule is CCCN(C(=O)Cc1cccs1)c1cccc(C)c1. The first-order valence-corrected chi connectivity index (χ1v) is 7.48. The van der Waals surface area contributed by atoms with Gasteiger partial charge in [-0.05, 0) is 42.5 Å². The maximum Gasteiger partial charge on any atom is 0.232 e. The van der Waals surface area contributed by atoms with Gasteiger partial charge in [-0.2, -0.15) is 0 Å². The molecule has 0 N–H and O–H groups in total. The second-order valence-electron chi connectivity index (χ2n) is 4.64. The van der Waals surface area contributed by atoms with Crippen molar-refractivity contribution in [1.82, 2.24) is 0 Å². The number of carbonyl (C=O) groups is 1. The van der Waals surface area contributed by atoms with Gasteiger partial charge in [-0.15, -0.1) is 11.3 Å². The van der Waals surface area contributed by atoms with Crippen molar-refractivity contribution in [3.63, 3.8) is 0 Å². The molecule has 0 spiro atoms. The quantitative estimate of drug-likeness (QED) is 0.805. The molecule has 0 saturated carbocycles. The summed E-state index contributed by atoms with van der Waals surface area (Å²) in [5.41, 5.74) is 2.19. The summed E-state index contributed by atoms with van der Waals surface area (Å²) < 4.78 is 0. The summed E-state index contributed by atoms with van der Waals surface area (Å²) in [6.45, 7) is 4.92. The number of hydrogen-bond acceptors (Lipinski definition) is 2. The van der Waals surface area contributed by atoms with Crippen molar-refractivity contribution in [1.29, 1.82) is 0 Å². The Labute approximate surface area is 118 Å². The third kappa shape index (κ3) is 3.67. The molecule has 2 aromatic rings. The van der Waals surface area contributed by atoms with E-state index in [4.69, 9.17) is 0 Å². The maximum atomic E-state index is 12.4. The molecule has 3 heteroatoms. The van der Waals surface area contributed by atoms with Gasteiger partial charge in [0.1, 0.15) is 0 Å². The highest BCUT2D eigenvalue weighted by atomic mass is 32.1. The van der Waals surface area contributed by atoms with Gasteiger partial charge in [0.05, 0.1) is 6.42 Å². The van der Waals surface area contributed by atoms with Crippen LogP contribution < -0.4 is 4.90 Å². The smallest absolute Gasteiger partial charge is 0.232 e. The van der Waals surface area contributed by atoms with E-state index in [0.29, 0.717) is 6.42 Å². The normalized spacial score (nSPS) is 10.4. The van der Waals surface area contributed by atoms with E-state index < -0.39 is 0 Å². The Balaban J connectivity index is 2.17. The standard InChI is InChI=1S/C16H19NOS/c1-3-9-17(14-7-4-6-13(2)11-14)16(18)12-15-8-5-10-19-15/h4-8,10-11H,3,9,12H2,1-2H3. The van der Waals surface area contributed by atoms with E-state index >= 15 is 0 Å². The topological polar surface area (TPSA) is 20.3 Å². The van der Waals surface area contributed by atoms with Gasteiger partial charge in [-0.3, -0.25) is 4.79 Å². The van der Waals surface area contributed by atoms with Crippen LogP contribution in [-0.2, 0) is 11.2 Å². The number of thiophene rings is 1. The van der Waals surface area contributed by atoms with Gasteiger partial charge in [-0.25, -0.2) is 0 Å². The summed E-state index contributed by atoms with van der Waals surface area (Å²) in [5, 5.41) is 2.01. The number of anilines is 1. The Morgan fingerprint density at radius 1 is 1.26 bits per heavy atom. The number of aryl methyl sites for hydroxylation is 1. The second-order valence-corrected chi connectivity index (χ2v) is 5.67. The van der Waals surface area contributed by atoms with Crippen LogP contribution in [-0.4, -0.2) is 12.5 Å². The number of hydrogen-bond donors (Lipinski definition) is 0. The van der Waals surface area contributed by atoms with E-state index in [1.807, 2.05) is 34.5 Å². The molecule has 1 aromatic carbocycles. The summed E-state index contributed by atoms with van der Waals surface area (Å²) in [5.74, 6) is 0.176. The molecule has 0 aliphatic rings. The summed E-state index contributed by atoms with van der Waals surface area (Å²) in [6.07, 6.45) is 1.45. The van der Waals surface area contributed by atoms with Gasteiger partial charge >= 0.3 is 0 Å². The highest BCUT2D eigenvalue weighted by Crippen LogP contribution is 2.19. The molecular weight excluding hydrogens is 254 g/mol. The summed E-state index contributed by atoms with van der Waals surface area (Å²) in [4.78, 5) is 15.5. The second kappa shape index (κ2) is 6.53. The van der Waals surface area contributed by atoms with E-state index in [1.165, 1.54) is 5.56 Å². The van der Waals surface area contributed by atoms with Crippen LogP contribution in [0.15, 0.2) is 41.8 Å². The van der Waals surface area contributed by atoms with Crippen LogP contribution in [0, 0.1) is 6.92 Å². The molecule has 1 heterocycles. The average Bonchev–Trinajstić information content (AvgIpc) is 2.88. The average molecular weight is 273 g/mol. The van der Waals surface area contributed by atoms with Crippen molar-refractivity contribution in [3.05, 3.63) is 52.2 Å². The monoisotopic (exact) mass is 273 g/mol. The lowest BCUT2D eigenvalue weighted by Gasteiger charge is -2.22. The minimum Gasteiger partial charge on any atom is -0.312 e. The Bertz CT molecular complexity index is 533. The molecular formula is C16H19NOS. The predicted molar refractivity (Wildman–Crippen MR) is 81.8 cm³/mol. The van der Waals surface area contributed by atoms with E-state index in [-0.39, 0.29) is 5.91 Å². The van der Waals surface area contributed by atoms with Gasteiger partial charge in [0, 0.05) is 17.1 Å². The van der Waals surface area contributed by atoms with Crippen LogP contribution in [0.4, 0.5) is 5.69 Å². The van der Waals surface area contributed by atoms with E-state index in [2.05, 4.69) is 26.0 Å². The van der Waals surface area contributed by atoms with Crippen LogP contribution in [0.25, 0.3) is 0 Å². The molecule has 100 valence electrons. The molecule has 0 aliphatic heterocycles. The fraction of sp³-hybridized carbons (Fsp3) is 0.312. The first-order valence-electron chi connectivity index (χ1n) is 6.60. The molecule has 0 atom stereocenters. The number of rotatable bonds is 5. The Morgan fingerprint density at radius 3 is 2.74 bits per heavy atom. The van der Waals surface area contributed by atoms with Gasteiger partial charge in [0.25, 0.3) is 0 Å². The van der Waals surface area contributed by atoms with Crippen LogP contribution in [0.2, 0.25) is 0 Å². The third-order valence-corrected chi connectivity index (χ3v) is 3.84. The molecule has 1 amide bonds. The van der Waals surface area contributed by atoms with E-state index in [0.717, 1.165) is 23.5 Å². The van der Waals surface area contributed by atoms with Crippen LogP contribution in [0.5, 0.6) is 0 Å². The van der Waals surface area contributed by atoms with Crippen molar-refractivity contribution >= 4 is 22.9 Å². The Morgan fingerprint density at radius 2 is 2.11 bits per heavy atom. The lowest BCUT2D eigenvalue weighted by molar-refractivity contribution is -0.117. The number of amides is 1. The Kier molecular flexibility index (Phi) is 4.74. The number of nitrogens with zero attached hydrogens (tertiary/aromatic N) is 1. The molecule has 1 aromatic heterocycles. The molecule has 0 fully saturated rings. The van der Waals surface area contributed by atoms with Crippen LogP contribution >= 0.6 is 11.3 Å². The molecule has 0 aliphatic carbocycles. The zero-order chi connectivity index (χ0) is 13.7. The minimum atomic E-state index is 0.176. The molecule has 0 bridgehead atoms. The van der Waals surface area contributed by atoms with Crippen LogP contribution in [0.3, 0.4) is 0 Å². The van der Waals surface area contributed by atoms with Gasteiger partial charge < -0.3 is 4.90 Å². The maximum absolute atomic E-state index is 12.4. The lowest BCUT2D eigenvalue weighted by atomic mass is 10.2. The largest absolute Gasteiger partial charge is 0.312 e. The van der Waals surface area contributed by atoms with Gasteiger partial charge in [-0.1, -0.05) is 25.1 Å². The molecule has 2 rings (SSSR count). The zero-order valence-electron chi connectivity index (χ0n) is 11.4. The fourth-order valence-corrected chi connectivity index (χ4v) is 2.77. The summed E-state index contributed by atoms with van der Waals surface area (Å²) in [7, 11) is 0. The van der Waals surface area contributed by atoms with E-state index in [1.54, 1.807) is 11.3 Å². The molecule has 0 radical (unpaired) electrons. The lowest BCUT2D eigenvalue weighted by Crippen LogP contribution is -2.32. The number of carbonyl (C=O) groups excluding carboxylic acids is 1. The predicted octanol–water partition coefficient (Wildman–Crippen LogP) is 4.04. The Hall–Kier alpha value is -1.61. The highest BCUT2D eigenvalue weighted by Gasteiger charge is 2.15. The van der Waals surface area contributed by atoms with Crippen molar-refractivity contribution in [3.8, 4) is 0 Å². The molecule has 2 nitrogen and oxygen atoms in total. The van der Waals surface area contributed by atoms with Crippen molar-refractivity contribution in [2.75, 3.05) is 11.4 Å². The van der Waals surface area contributed by atoms with Gasteiger partial charge in [0.2, 0.25) is 5.91 Å². The zero-order valence-corrected chi connectivity index (χ0v) is 12.2. The molecule has 19 heavy (non-hydrogen) atoms. The fourth-order valence-electron chi connectivity index (χ4n) is 2.07. The van der Waals surface area contributed by atoms with E-state index in [9.17, 15) is 4.79 Å². The van der Waals surface area contributed by atoms with Crippen LogP contribution in [0.1, 0.15) is 23.8 Å². The molecule has 0 saturated heterocycles. The highest BCUT2D eigenvalue weighted by molar-refractivity contribution is 7.10. The number of benzene rings is 1. The first-order chi connectivity index (χ1) is 9.20. The van der Waals surface area contributed by atoms with Gasteiger partial charge in [0.15, 0.2) is 0 Å². The summed E-state index contributed by atoms with van der Waals surface area (Å²) in [6, 6.07) is 12.1. The third-order valence-electron chi connectivity index (χ3n) is 2.97. The summed E-state index contributed by atoms with van der Waals surface area (Å²) >= 11 is 1.64. The van der Waals surface area contributed by atoms with Crippen molar-refractivity contribution < 1.29 is 4.79 Å². The van der Waals surface area contributed by atoms with Crippen molar-refractivity contribution in [2.45, 2.75) is 26.7 Å². The van der Waals surface area contributed by atoms with Crippen molar-refractivity contribution in [2.24, 2.45) is 0 Å². The minimum absolute atomic E-state index is 0.176. The first kappa shape index (κ1) is 13.8. The molecule has 0 unspecified atom stereocenters.